The summed E-state index contributed by atoms with van der Waals surface area (Å²) >= 11 is 3.48. The number of benzene rings is 2. The maximum Gasteiger partial charge on any atom is 0.333 e. The van der Waals surface area contributed by atoms with E-state index in [0.717, 1.165) is 26.6 Å². The number of fused-ring (bicyclic) bond motifs is 1. The van der Waals surface area contributed by atoms with E-state index in [9.17, 15) is 4.79 Å². The van der Waals surface area contributed by atoms with E-state index in [1.54, 1.807) is 0 Å². The van der Waals surface area contributed by atoms with Crippen molar-refractivity contribution >= 4 is 38.5 Å². The molecule has 4 nitrogen and oxygen atoms in total. The van der Waals surface area contributed by atoms with Gasteiger partial charge in [-0.05, 0) is 37.3 Å². The van der Waals surface area contributed by atoms with Crippen LogP contribution in [0.1, 0.15) is 18.5 Å². The molecule has 3 aromatic rings. The number of para-hydroxylation sites is 1. The number of nitrogens with one attached hydrogen (secondary N) is 2. The first-order valence-electron chi connectivity index (χ1n) is 7.44. The SMILES string of the molecule is CCOC(=O)C(Nc1ccccc1)c1c[nH]c2ccc(Br)cc12. The van der Waals surface area contributed by atoms with E-state index in [-0.39, 0.29) is 5.97 Å². The van der Waals surface area contributed by atoms with Crippen molar-refractivity contribution in [2.24, 2.45) is 0 Å². The van der Waals surface area contributed by atoms with Crippen molar-refractivity contribution in [2.45, 2.75) is 13.0 Å². The summed E-state index contributed by atoms with van der Waals surface area (Å²) in [6.45, 7) is 2.15. The van der Waals surface area contributed by atoms with Crippen LogP contribution in [-0.4, -0.2) is 17.6 Å². The Morgan fingerprint density at radius 2 is 2.04 bits per heavy atom. The summed E-state index contributed by atoms with van der Waals surface area (Å²) in [4.78, 5) is 15.7. The molecule has 1 atom stereocenters. The highest BCUT2D eigenvalue weighted by molar-refractivity contribution is 9.10. The summed E-state index contributed by atoms with van der Waals surface area (Å²) in [6.07, 6.45) is 1.86. The van der Waals surface area contributed by atoms with Gasteiger partial charge in [0.2, 0.25) is 0 Å². The molecule has 3 rings (SSSR count). The molecule has 0 radical (unpaired) electrons. The molecule has 0 amide bonds. The fraction of sp³-hybridized carbons (Fsp3) is 0.167. The fourth-order valence-corrected chi connectivity index (χ4v) is 2.90. The Kier molecular flexibility index (Phi) is 4.67. The number of carbonyl (C=O) groups excluding carboxylic acids is 1. The molecule has 1 aromatic heterocycles. The highest BCUT2D eigenvalue weighted by Gasteiger charge is 2.25. The highest BCUT2D eigenvalue weighted by Crippen LogP contribution is 2.30. The zero-order valence-corrected chi connectivity index (χ0v) is 14.3. The van der Waals surface area contributed by atoms with Gasteiger partial charge in [-0.25, -0.2) is 4.79 Å². The lowest BCUT2D eigenvalue weighted by molar-refractivity contribution is -0.144. The molecule has 0 aliphatic heterocycles. The van der Waals surface area contributed by atoms with Crippen molar-refractivity contribution in [3.8, 4) is 0 Å². The Bertz CT molecular complexity index is 814. The minimum Gasteiger partial charge on any atom is -0.464 e. The number of carbonyl (C=O) groups is 1. The summed E-state index contributed by atoms with van der Waals surface area (Å²) in [5.74, 6) is -0.294. The third-order valence-electron chi connectivity index (χ3n) is 3.59. The number of ether oxygens (including phenoxy) is 1. The van der Waals surface area contributed by atoms with Crippen LogP contribution in [0.5, 0.6) is 0 Å². The van der Waals surface area contributed by atoms with Crippen molar-refractivity contribution in [1.82, 2.24) is 4.98 Å². The lowest BCUT2D eigenvalue weighted by Gasteiger charge is -2.18. The van der Waals surface area contributed by atoms with Crippen LogP contribution >= 0.6 is 15.9 Å². The molecule has 0 saturated heterocycles. The minimum absolute atomic E-state index is 0.294. The van der Waals surface area contributed by atoms with Crippen LogP contribution in [0.2, 0.25) is 0 Å². The Morgan fingerprint density at radius 3 is 2.78 bits per heavy atom. The average molecular weight is 373 g/mol. The lowest BCUT2D eigenvalue weighted by Crippen LogP contribution is -2.23. The van der Waals surface area contributed by atoms with Gasteiger partial charge in [-0.15, -0.1) is 0 Å². The molecule has 0 bridgehead atoms. The molecular formula is C18H17BrN2O2. The van der Waals surface area contributed by atoms with E-state index in [1.807, 2.05) is 61.7 Å². The van der Waals surface area contributed by atoms with Gasteiger partial charge in [0.15, 0.2) is 6.04 Å². The molecule has 0 saturated carbocycles. The quantitative estimate of drug-likeness (QED) is 0.641. The standard InChI is InChI=1S/C18H17BrN2O2/c1-2-23-18(22)17(21-13-6-4-3-5-7-13)15-11-20-16-9-8-12(19)10-14(15)16/h3-11,17,20-21H,2H2,1H3. The molecule has 2 N–H and O–H groups in total. The number of hydrogen-bond acceptors (Lipinski definition) is 3. The molecule has 2 aromatic carbocycles. The monoisotopic (exact) mass is 372 g/mol. The van der Waals surface area contributed by atoms with Crippen molar-refractivity contribution in [3.05, 3.63) is 64.8 Å². The molecule has 0 aliphatic carbocycles. The van der Waals surface area contributed by atoms with Crippen molar-refractivity contribution in [2.75, 3.05) is 11.9 Å². The predicted octanol–water partition coefficient (Wildman–Crippen LogP) is 4.65. The fourth-order valence-electron chi connectivity index (χ4n) is 2.54. The van der Waals surface area contributed by atoms with E-state index < -0.39 is 6.04 Å². The number of rotatable bonds is 5. The summed E-state index contributed by atoms with van der Waals surface area (Å²) in [6, 6.07) is 15.0. The first-order chi connectivity index (χ1) is 11.2. The Morgan fingerprint density at radius 1 is 1.26 bits per heavy atom. The first-order valence-corrected chi connectivity index (χ1v) is 8.23. The van der Waals surface area contributed by atoms with E-state index in [4.69, 9.17) is 4.74 Å². The van der Waals surface area contributed by atoms with E-state index in [1.165, 1.54) is 0 Å². The number of H-pyrrole nitrogens is 1. The number of halogens is 1. The van der Waals surface area contributed by atoms with Gasteiger partial charge in [-0.3, -0.25) is 0 Å². The lowest BCUT2D eigenvalue weighted by atomic mass is 10.1. The van der Waals surface area contributed by atoms with Crippen molar-refractivity contribution < 1.29 is 9.53 Å². The van der Waals surface area contributed by atoms with Crippen LogP contribution in [-0.2, 0) is 9.53 Å². The van der Waals surface area contributed by atoms with Gasteiger partial charge < -0.3 is 15.0 Å². The van der Waals surface area contributed by atoms with Crippen LogP contribution < -0.4 is 5.32 Å². The molecule has 118 valence electrons. The maximum atomic E-state index is 12.5. The molecule has 0 aliphatic rings. The Hall–Kier alpha value is -2.27. The van der Waals surface area contributed by atoms with Crippen LogP contribution in [0, 0.1) is 0 Å². The number of aromatic amines is 1. The molecule has 5 heteroatoms. The summed E-state index contributed by atoms with van der Waals surface area (Å²) < 4.78 is 6.22. The highest BCUT2D eigenvalue weighted by atomic mass is 79.9. The molecule has 1 heterocycles. The van der Waals surface area contributed by atoms with Crippen LogP contribution in [0.4, 0.5) is 5.69 Å². The Labute approximate surface area is 143 Å². The van der Waals surface area contributed by atoms with Crippen molar-refractivity contribution in [1.29, 1.82) is 0 Å². The maximum absolute atomic E-state index is 12.5. The second-order valence-corrected chi connectivity index (χ2v) is 6.05. The normalized spacial score (nSPS) is 12.1. The summed E-state index contributed by atoms with van der Waals surface area (Å²) in [5, 5.41) is 4.25. The third-order valence-corrected chi connectivity index (χ3v) is 4.09. The topological polar surface area (TPSA) is 54.1 Å². The van der Waals surface area contributed by atoms with Gasteiger partial charge in [-0.2, -0.15) is 0 Å². The molecule has 23 heavy (non-hydrogen) atoms. The number of hydrogen-bond donors (Lipinski definition) is 2. The van der Waals surface area contributed by atoms with Crippen LogP contribution in [0.25, 0.3) is 10.9 Å². The van der Waals surface area contributed by atoms with Crippen LogP contribution in [0.15, 0.2) is 59.2 Å². The molecular weight excluding hydrogens is 356 g/mol. The van der Waals surface area contributed by atoms with Crippen molar-refractivity contribution in [3.63, 3.8) is 0 Å². The third kappa shape index (κ3) is 3.40. The summed E-state index contributed by atoms with van der Waals surface area (Å²) in [7, 11) is 0. The van der Waals surface area contributed by atoms with Gasteiger partial charge in [0.05, 0.1) is 6.61 Å². The largest absolute Gasteiger partial charge is 0.464 e. The van der Waals surface area contributed by atoms with Gasteiger partial charge >= 0.3 is 5.97 Å². The van der Waals surface area contributed by atoms with Crippen LogP contribution in [0.3, 0.4) is 0 Å². The predicted molar refractivity (Wildman–Crippen MR) is 95.4 cm³/mol. The Balaban J connectivity index is 2.02. The molecule has 1 unspecified atom stereocenters. The summed E-state index contributed by atoms with van der Waals surface area (Å²) in [5.41, 5.74) is 2.71. The van der Waals surface area contributed by atoms with Gasteiger partial charge in [0.25, 0.3) is 0 Å². The zero-order chi connectivity index (χ0) is 16.2. The molecule has 0 spiro atoms. The van der Waals surface area contributed by atoms with E-state index in [0.29, 0.717) is 6.61 Å². The smallest absolute Gasteiger partial charge is 0.333 e. The van der Waals surface area contributed by atoms with E-state index in [2.05, 4.69) is 26.2 Å². The second kappa shape index (κ2) is 6.87. The average Bonchev–Trinajstić information content (AvgIpc) is 2.96. The van der Waals surface area contributed by atoms with E-state index >= 15 is 0 Å². The second-order valence-electron chi connectivity index (χ2n) is 5.13. The number of esters is 1. The van der Waals surface area contributed by atoms with Gasteiger partial charge in [0, 0.05) is 32.8 Å². The first kappa shape index (κ1) is 15.6. The van der Waals surface area contributed by atoms with Gasteiger partial charge in [-0.1, -0.05) is 34.1 Å². The van der Waals surface area contributed by atoms with Gasteiger partial charge in [0.1, 0.15) is 0 Å². The zero-order valence-electron chi connectivity index (χ0n) is 12.7. The number of anilines is 1. The molecule has 0 fully saturated rings. The number of aromatic nitrogens is 1. The minimum atomic E-state index is -0.569.